The predicted molar refractivity (Wildman–Crippen MR) is 88.0 cm³/mol. The van der Waals surface area contributed by atoms with Crippen molar-refractivity contribution in [2.24, 2.45) is 0 Å². The lowest BCUT2D eigenvalue weighted by molar-refractivity contribution is -0.116. The van der Waals surface area contributed by atoms with Gasteiger partial charge in [0.05, 0.1) is 7.11 Å². The van der Waals surface area contributed by atoms with Crippen LogP contribution in [0.4, 0.5) is 5.69 Å². The Morgan fingerprint density at radius 1 is 1.10 bits per heavy atom. The molecule has 0 bridgehead atoms. The van der Waals surface area contributed by atoms with Crippen LogP contribution < -0.4 is 10.1 Å². The number of methoxy groups -OCH3 is 1. The van der Waals surface area contributed by atoms with Crippen LogP contribution in [0, 0.1) is 0 Å². The van der Waals surface area contributed by atoms with E-state index < -0.39 is 0 Å². The summed E-state index contributed by atoms with van der Waals surface area (Å²) in [6.45, 7) is 0. The molecule has 0 fully saturated rings. The number of hydrogen-bond donors (Lipinski definition) is 1. The van der Waals surface area contributed by atoms with Gasteiger partial charge in [-0.05, 0) is 48.6 Å². The molecule has 2 aromatic rings. The van der Waals surface area contributed by atoms with Crippen LogP contribution in [0.3, 0.4) is 0 Å². The van der Waals surface area contributed by atoms with E-state index in [0.717, 1.165) is 23.6 Å². The fourth-order valence-corrected chi connectivity index (χ4v) is 2.69. The zero-order valence-corrected chi connectivity index (χ0v) is 12.9. The SMILES string of the molecule is COc1ccc(SCCCC(=O)Nc2ccccc2)cc1. The lowest BCUT2D eigenvalue weighted by atomic mass is 10.3. The second-order valence-electron chi connectivity index (χ2n) is 4.54. The highest BCUT2D eigenvalue weighted by Gasteiger charge is 2.02. The number of benzene rings is 2. The number of thioether (sulfide) groups is 1. The van der Waals surface area contributed by atoms with E-state index in [9.17, 15) is 4.79 Å². The fraction of sp³-hybridized carbons (Fsp3) is 0.235. The van der Waals surface area contributed by atoms with Gasteiger partial charge in [0.25, 0.3) is 0 Å². The Labute approximate surface area is 129 Å². The van der Waals surface area contributed by atoms with Gasteiger partial charge < -0.3 is 10.1 Å². The van der Waals surface area contributed by atoms with Gasteiger partial charge in [-0.3, -0.25) is 4.79 Å². The summed E-state index contributed by atoms with van der Waals surface area (Å²) in [6, 6.07) is 17.5. The van der Waals surface area contributed by atoms with Crippen molar-refractivity contribution in [2.75, 3.05) is 18.2 Å². The average molecular weight is 301 g/mol. The molecule has 0 aliphatic carbocycles. The lowest BCUT2D eigenvalue weighted by Crippen LogP contribution is -2.11. The van der Waals surface area contributed by atoms with Crippen molar-refractivity contribution in [3.63, 3.8) is 0 Å². The summed E-state index contributed by atoms with van der Waals surface area (Å²) >= 11 is 1.75. The molecule has 0 aliphatic rings. The molecule has 1 amide bonds. The number of carbonyl (C=O) groups excluding carboxylic acids is 1. The Balaban J connectivity index is 1.66. The highest BCUT2D eigenvalue weighted by Crippen LogP contribution is 2.22. The van der Waals surface area contributed by atoms with E-state index >= 15 is 0 Å². The molecule has 0 unspecified atom stereocenters. The summed E-state index contributed by atoms with van der Waals surface area (Å²) in [5, 5.41) is 2.89. The highest BCUT2D eigenvalue weighted by molar-refractivity contribution is 7.99. The summed E-state index contributed by atoms with van der Waals surface area (Å²) in [6.07, 6.45) is 1.40. The molecule has 0 spiro atoms. The maximum Gasteiger partial charge on any atom is 0.224 e. The second-order valence-corrected chi connectivity index (χ2v) is 5.71. The van der Waals surface area contributed by atoms with E-state index in [1.165, 1.54) is 4.90 Å². The first-order valence-electron chi connectivity index (χ1n) is 6.89. The quantitative estimate of drug-likeness (QED) is 0.615. The molecule has 0 saturated heterocycles. The van der Waals surface area contributed by atoms with Gasteiger partial charge in [-0.2, -0.15) is 0 Å². The van der Waals surface area contributed by atoms with E-state index in [0.29, 0.717) is 6.42 Å². The standard InChI is InChI=1S/C17H19NO2S/c1-20-15-9-11-16(12-10-15)21-13-5-8-17(19)18-14-6-3-2-4-7-14/h2-4,6-7,9-12H,5,8,13H2,1H3,(H,18,19). The smallest absolute Gasteiger partial charge is 0.224 e. The Hall–Kier alpha value is -1.94. The van der Waals surface area contributed by atoms with Gasteiger partial charge in [-0.15, -0.1) is 11.8 Å². The minimum Gasteiger partial charge on any atom is -0.497 e. The van der Waals surface area contributed by atoms with E-state index in [4.69, 9.17) is 4.74 Å². The van der Waals surface area contributed by atoms with Crippen LogP contribution >= 0.6 is 11.8 Å². The minimum atomic E-state index is 0.0662. The first kappa shape index (κ1) is 15.4. The van der Waals surface area contributed by atoms with Crippen LogP contribution in [0.5, 0.6) is 5.75 Å². The molecule has 0 heterocycles. The molecule has 2 rings (SSSR count). The normalized spacial score (nSPS) is 10.1. The van der Waals surface area contributed by atoms with E-state index in [2.05, 4.69) is 5.32 Å². The third kappa shape index (κ3) is 5.52. The average Bonchev–Trinajstić information content (AvgIpc) is 2.53. The Morgan fingerprint density at radius 3 is 2.48 bits per heavy atom. The van der Waals surface area contributed by atoms with Gasteiger partial charge in [0.1, 0.15) is 5.75 Å². The van der Waals surface area contributed by atoms with Crippen LogP contribution in [-0.2, 0) is 4.79 Å². The van der Waals surface area contributed by atoms with Crippen molar-refractivity contribution in [1.82, 2.24) is 0 Å². The van der Waals surface area contributed by atoms with Crippen LogP contribution in [-0.4, -0.2) is 18.8 Å². The number of carbonyl (C=O) groups is 1. The van der Waals surface area contributed by atoms with Crippen LogP contribution in [0.25, 0.3) is 0 Å². The lowest BCUT2D eigenvalue weighted by Gasteiger charge is -2.05. The molecule has 0 atom stereocenters. The van der Waals surface area contributed by atoms with Gasteiger partial charge in [-0.25, -0.2) is 0 Å². The molecule has 0 saturated carbocycles. The Morgan fingerprint density at radius 2 is 1.81 bits per heavy atom. The fourth-order valence-electron chi connectivity index (χ4n) is 1.84. The molecule has 4 heteroatoms. The molecule has 3 nitrogen and oxygen atoms in total. The molecule has 0 radical (unpaired) electrons. The first-order chi connectivity index (χ1) is 10.3. The second kappa shape index (κ2) is 8.37. The summed E-state index contributed by atoms with van der Waals surface area (Å²) in [5.41, 5.74) is 0.852. The summed E-state index contributed by atoms with van der Waals surface area (Å²) in [4.78, 5) is 13.0. The number of hydrogen-bond acceptors (Lipinski definition) is 3. The maximum atomic E-state index is 11.8. The summed E-state index contributed by atoms with van der Waals surface area (Å²) < 4.78 is 5.12. The minimum absolute atomic E-state index is 0.0662. The van der Waals surface area contributed by atoms with Gasteiger partial charge in [-0.1, -0.05) is 18.2 Å². The molecular formula is C17H19NO2S. The third-order valence-electron chi connectivity index (χ3n) is 2.93. The summed E-state index contributed by atoms with van der Waals surface area (Å²) in [5.74, 6) is 1.85. The molecule has 2 aromatic carbocycles. The van der Waals surface area contributed by atoms with Gasteiger partial charge in [0, 0.05) is 17.0 Å². The van der Waals surface area contributed by atoms with Gasteiger partial charge in [0.15, 0.2) is 0 Å². The monoisotopic (exact) mass is 301 g/mol. The number of amides is 1. The van der Waals surface area contributed by atoms with Gasteiger partial charge >= 0.3 is 0 Å². The van der Waals surface area contributed by atoms with E-state index in [1.807, 2.05) is 54.6 Å². The number of anilines is 1. The summed E-state index contributed by atoms with van der Waals surface area (Å²) in [7, 11) is 1.66. The van der Waals surface area contributed by atoms with Crippen molar-refractivity contribution in [1.29, 1.82) is 0 Å². The maximum absolute atomic E-state index is 11.8. The molecule has 0 aliphatic heterocycles. The topological polar surface area (TPSA) is 38.3 Å². The number of ether oxygens (including phenoxy) is 1. The van der Waals surface area contributed by atoms with Crippen molar-refractivity contribution in [3.8, 4) is 5.75 Å². The van der Waals surface area contributed by atoms with Crippen LogP contribution in [0.1, 0.15) is 12.8 Å². The molecule has 110 valence electrons. The van der Waals surface area contributed by atoms with Crippen molar-refractivity contribution in [3.05, 3.63) is 54.6 Å². The van der Waals surface area contributed by atoms with Crippen molar-refractivity contribution in [2.45, 2.75) is 17.7 Å². The first-order valence-corrected chi connectivity index (χ1v) is 7.88. The van der Waals surface area contributed by atoms with Crippen molar-refractivity contribution < 1.29 is 9.53 Å². The zero-order chi connectivity index (χ0) is 14.9. The van der Waals surface area contributed by atoms with E-state index in [1.54, 1.807) is 18.9 Å². The molecule has 21 heavy (non-hydrogen) atoms. The molecule has 1 N–H and O–H groups in total. The number of rotatable bonds is 7. The van der Waals surface area contributed by atoms with Crippen LogP contribution in [0.2, 0.25) is 0 Å². The van der Waals surface area contributed by atoms with Crippen LogP contribution in [0.15, 0.2) is 59.5 Å². The zero-order valence-electron chi connectivity index (χ0n) is 12.0. The number of para-hydroxylation sites is 1. The largest absolute Gasteiger partial charge is 0.497 e. The number of nitrogens with one attached hydrogen (secondary N) is 1. The Kier molecular flexibility index (Phi) is 6.16. The third-order valence-corrected chi connectivity index (χ3v) is 4.03. The predicted octanol–water partition coefficient (Wildman–Crippen LogP) is 4.21. The highest BCUT2D eigenvalue weighted by atomic mass is 32.2. The van der Waals surface area contributed by atoms with E-state index in [-0.39, 0.29) is 5.91 Å². The Bertz CT molecular complexity index is 555. The van der Waals surface area contributed by atoms with Gasteiger partial charge in [0.2, 0.25) is 5.91 Å². The molecule has 0 aromatic heterocycles. The molecular weight excluding hydrogens is 282 g/mol. The van der Waals surface area contributed by atoms with Crippen molar-refractivity contribution >= 4 is 23.4 Å².